The number of aliphatic hydroxyl groups excluding tert-OH is 5. The summed E-state index contributed by atoms with van der Waals surface area (Å²) in [5.74, 6) is -4.21. The molecule has 0 spiro atoms. The predicted molar refractivity (Wildman–Crippen MR) is 145 cm³/mol. The van der Waals surface area contributed by atoms with E-state index in [9.17, 15) is 55.5 Å². The number of hydrogen-bond acceptors (Lipinski definition) is 17. The molecule has 2 aromatic carbocycles. The van der Waals surface area contributed by atoms with Crippen LogP contribution in [0.15, 0.2) is 39.5 Å². The molecule has 9 N–H and O–H groups in total. The lowest BCUT2D eigenvalue weighted by Gasteiger charge is -2.41. The lowest BCUT2D eigenvalue weighted by molar-refractivity contribution is -0.309. The second-order valence-corrected chi connectivity index (χ2v) is 10.4. The van der Waals surface area contributed by atoms with E-state index in [1.807, 2.05) is 0 Å². The molecule has 17 nitrogen and oxygen atoms in total. The molecule has 17 heteroatoms. The summed E-state index contributed by atoms with van der Waals surface area (Å²) in [5, 5.41) is 91.7. The first-order chi connectivity index (χ1) is 21.3. The lowest BCUT2D eigenvalue weighted by atomic mass is 9.99. The highest BCUT2D eigenvalue weighted by atomic mass is 16.7. The van der Waals surface area contributed by atoms with Crippen LogP contribution >= 0.6 is 0 Å². The van der Waals surface area contributed by atoms with E-state index >= 15 is 0 Å². The first-order valence-corrected chi connectivity index (χ1v) is 13.4. The zero-order valence-corrected chi connectivity index (χ0v) is 23.3. The van der Waals surface area contributed by atoms with E-state index < -0.39 is 120 Å². The number of carbonyl (C=O) groups is 1. The van der Waals surface area contributed by atoms with Crippen LogP contribution in [0.4, 0.5) is 0 Å². The Labute approximate surface area is 252 Å². The molecule has 0 amide bonds. The van der Waals surface area contributed by atoms with Crippen LogP contribution in [0.1, 0.15) is 6.92 Å². The van der Waals surface area contributed by atoms with Gasteiger partial charge in [-0.25, -0.2) is 0 Å². The molecule has 3 aromatic rings. The summed E-state index contributed by atoms with van der Waals surface area (Å²) < 4.78 is 32.9. The topological polar surface area (TPSA) is 275 Å². The Morgan fingerprint density at radius 3 is 2.31 bits per heavy atom. The average Bonchev–Trinajstić information content (AvgIpc) is 2.97. The van der Waals surface area contributed by atoms with Crippen molar-refractivity contribution in [3.05, 3.63) is 40.6 Å². The number of carbonyl (C=O) groups excluding carboxylic acids is 1. The molecule has 45 heavy (non-hydrogen) atoms. The van der Waals surface area contributed by atoms with Crippen molar-refractivity contribution in [3.8, 4) is 40.1 Å². The first-order valence-electron chi connectivity index (χ1n) is 13.4. The zero-order chi connectivity index (χ0) is 32.7. The molecular weight excluding hydrogens is 608 g/mol. The maximum atomic E-state index is 13.6. The lowest BCUT2D eigenvalue weighted by Crippen LogP contribution is -2.61. The van der Waals surface area contributed by atoms with Crippen LogP contribution in [-0.2, 0) is 23.7 Å². The number of esters is 1. The average molecular weight is 639 g/mol. The summed E-state index contributed by atoms with van der Waals surface area (Å²) in [5.41, 5.74) is -1.38. The number of hydrogen-bond donors (Lipinski definition) is 9. The maximum Gasteiger partial charge on any atom is 0.303 e. The molecule has 0 unspecified atom stereocenters. The summed E-state index contributed by atoms with van der Waals surface area (Å²) in [7, 11) is 0. The van der Waals surface area contributed by atoms with Crippen molar-refractivity contribution in [2.45, 2.75) is 62.2 Å². The van der Waals surface area contributed by atoms with Crippen LogP contribution in [0.3, 0.4) is 0 Å². The Morgan fingerprint density at radius 2 is 1.62 bits per heavy atom. The molecule has 0 aliphatic carbocycles. The van der Waals surface area contributed by atoms with Gasteiger partial charge in [-0.3, -0.25) is 9.59 Å². The molecule has 0 radical (unpaired) electrons. The van der Waals surface area contributed by atoms with Gasteiger partial charge in [-0.05, 0) is 18.2 Å². The second-order valence-electron chi connectivity index (χ2n) is 10.4. The minimum Gasteiger partial charge on any atom is -0.508 e. The van der Waals surface area contributed by atoms with E-state index in [0.29, 0.717) is 0 Å². The Kier molecular flexibility index (Phi) is 9.06. The minimum atomic E-state index is -1.99. The summed E-state index contributed by atoms with van der Waals surface area (Å²) >= 11 is 0. The first kappa shape index (κ1) is 32.2. The highest BCUT2D eigenvalue weighted by molar-refractivity contribution is 5.88. The van der Waals surface area contributed by atoms with Gasteiger partial charge in [-0.1, -0.05) is 0 Å². The van der Waals surface area contributed by atoms with Crippen LogP contribution in [0.5, 0.6) is 28.7 Å². The van der Waals surface area contributed by atoms with Crippen molar-refractivity contribution in [1.82, 2.24) is 0 Å². The SMILES string of the molecule is CC(=O)O[C@H]1[C@H](OC[C@H]2O[C@@H](Oc3c(-c4ccc(O)c(O)c4)oc4cc(O)cc(O)c4c3=O)[C@H](O)[C@@H](O)[C@@H]2O)OC[C@H](O)[C@@H]1O. The highest BCUT2D eigenvalue weighted by Gasteiger charge is 2.47. The van der Waals surface area contributed by atoms with Crippen molar-refractivity contribution in [2.75, 3.05) is 13.2 Å². The summed E-state index contributed by atoms with van der Waals surface area (Å²) in [6.45, 7) is 0.0296. The van der Waals surface area contributed by atoms with Gasteiger partial charge in [0, 0.05) is 24.6 Å². The van der Waals surface area contributed by atoms with Gasteiger partial charge in [0.05, 0.1) is 13.2 Å². The third-order valence-corrected chi connectivity index (χ3v) is 7.21. The fourth-order valence-corrected chi connectivity index (χ4v) is 4.91. The maximum absolute atomic E-state index is 13.6. The van der Waals surface area contributed by atoms with Crippen molar-refractivity contribution < 1.29 is 78.9 Å². The van der Waals surface area contributed by atoms with Crippen molar-refractivity contribution in [3.63, 3.8) is 0 Å². The molecule has 2 aliphatic heterocycles. The van der Waals surface area contributed by atoms with Crippen LogP contribution in [0.25, 0.3) is 22.3 Å². The van der Waals surface area contributed by atoms with Crippen LogP contribution < -0.4 is 10.2 Å². The highest BCUT2D eigenvalue weighted by Crippen LogP contribution is 2.39. The quantitative estimate of drug-likeness (QED) is 0.105. The molecular formula is C28H30O17. The molecule has 2 saturated heterocycles. The van der Waals surface area contributed by atoms with Crippen LogP contribution in [-0.4, -0.2) is 120 Å². The van der Waals surface area contributed by atoms with Gasteiger partial charge in [-0.2, -0.15) is 0 Å². The van der Waals surface area contributed by atoms with E-state index in [1.54, 1.807) is 0 Å². The predicted octanol–water partition coefficient (Wildman–Crippen LogP) is -1.50. The fourth-order valence-electron chi connectivity index (χ4n) is 4.91. The van der Waals surface area contributed by atoms with Gasteiger partial charge < -0.3 is 74.1 Å². The van der Waals surface area contributed by atoms with Crippen molar-refractivity contribution in [2.24, 2.45) is 0 Å². The number of rotatable bonds is 7. The number of aliphatic hydroxyl groups is 5. The molecule has 5 rings (SSSR count). The Hall–Kier alpha value is -4.20. The summed E-state index contributed by atoms with van der Waals surface area (Å²) in [6, 6.07) is 5.20. The monoisotopic (exact) mass is 638 g/mol. The fraction of sp³-hybridized carbons (Fsp3) is 0.429. The van der Waals surface area contributed by atoms with Gasteiger partial charge in [0.15, 0.2) is 29.7 Å². The number of fused-ring (bicyclic) bond motifs is 1. The Morgan fingerprint density at radius 1 is 0.889 bits per heavy atom. The molecule has 0 bridgehead atoms. The molecule has 9 atom stereocenters. The van der Waals surface area contributed by atoms with Gasteiger partial charge in [0.2, 0.25) is 17.5 Å². The van der Waals surface area contributed by atoms with Gasteiger partial charge in [0.1, 0.15) is 59.1 Å². The van der Waals surface area contributed by atoms with E-state index in [4.69, 9.17) is 28.1 Å². The summed E-state index contributed by atoms with van der Waals surface area (Å²) in [4.78, 5) is 25.1. The minimum absolute atomic E-state index is 0.0420. The molecule has 244 valence electrons. The normalized spacial score (nSPS) is 30.2. The van der Waals surface area contributed by atoms with Crippen LogP contribution in [0.2, 0.25) is 0 Å². The van der Waals surface area contributed by atoms with Crippen molar-refractivity contribution >= 4 is 16.9 Å². The Balaban J connectivity index is 1.47. The number of phenols is 4. The number of aromatic hydroxyl groups is 4. The van der Waals surface area contributed by atoms with E-state index in [0.717, 1.165) is 31.2 Å². The van der Waals surface area contributed by atoms with Crippen molar-refractivity contribution in [1.29, 1.82) is 0 Å². The van der Waals surface area contributed by atoms with E-state index in [2.05, 4.69) is 0 Å². The standard InChI is InChI=1S/C28H30O17/c1-9(29)42-26-19(35)15(34)7-40-28(26)41-8-17-20(36)22(38)23(39)27(44-17)45-25-21(37)18-14(33)5-11(30)6-16(18)43-24(25)10-2-3-12(31)13(32)4-10/h2-6,15,17,19-20,22-23,26-28,30-36,38-39H,7-8H2,1H3/t15-,17+,19-,20+,22-,23+,26+,27-,28-/m0/s1. The van der Waals surface area contributed by atoms with Gasteiger partial charge in [-0.15, -0.1) is 0 Å². The largest absolute Gasteiger partial charge is 0.508 e. The third-order valence-electron chi connectivity index (χ3n) is 7.21. The number of phenolic OH excluding ortho intramolecular Hbond substituents is 4. The zero-order valence-electron chi connectivity index (χ0n) is 23.3. The smallest absolute Gasteiger partial charge is 0.303 e. The molecule has 2 fully saturated rings. The van der Waals surface area contributed by atoms with Gasteiger partial charge in [0.25, 0.3) is 0 Å². The Bertz CT molecular complexity index is 1620. The molecule has 2 aliphatic rings. The number of benzene rings is 2. The van der Waals surface area contributed by atoms with Crippen LogP contribution in [0, 0.1) is 0 Å². The number of ether oxygens (including phenoxy) is 5. The molecule has 1 aromatic heterocycles. The van der Waals surface area contributed by atoms with Gasteiger partial charge >= 0.3 is 5.97 Å². The second kappa shape index (κ2) is 12.7. The molecule has 0 saturated carbocycles. The summed E-state index contributed by atoms with van der Waals surface area (Å²) in [6.07, 6.45) is -15.1. The van der Waals surface area contributed by atoms with E-state index in [-0.39, 0.29) is 11.1 Å². The third kappa shape index (κ3) is 6.33. The van der Waals surface area contributed by atoms with E-state index in [1.165, 1.54) is 6.07 Å². The molecule has 3 heterocycles.